The zero-order chi connectivity index (χ0) is 16.4. The molecule has 1 aliphatic rings. The predicted molar refractivity (Wildman–Crippen MR) is 83.0 cm³/mol. The maximum absolute atomic E-state index is 12.9. The number of benzene rings is 1. The van der Waals surface area contributed by atoms with E-state index in [-0.39, 0.29) is 11.6 Å². The molecular weight excluding hydrogens is 297 g/mol. The summed E-state index contributed by atoms with van der Waals surface area (Å²) < 4.78 is 12.9. The first-order chi connectivity index (χ1) is 11.0. The second-order valence-corrected chi connectivity index (χ2v) is 5.51. The van der Waals surface area contributed by atoms with Gasteiger partial charge in [-0.15, -0.1) is 0 Å². The van der Waals surface area contributed by atoms with Crippen molar-refractivity contribution in [2.75, 3.05) is 13.6 Å². The third-order valence-corrected chi connectivity index (χ3v) is 3.85. The largest absolute Gasteiger partial charge is 0.503 e. The maximum Gasteiger partial charge on any atom is 0.289 e. The molecule has 0 saturated heterocycles. The number of amides is 1. The second kappa shape index (κ2) is 6.16. The van der Waals surface area contributed by atoms with Crippen LogP contribution in [0.25, 0.3) is 5.57 Å². The minimum absolute atomic E-state index is 0.254. The minimum atomic E-state index is -0.397. The van der Waals surface area contributed by atoms with Crippen LogP contribution in [0, 0.1) is 5.82 Å². The molecule has 5 nitrogen and oxygen atoms in total. The fourth-order valence-corrected chi connectivity index (χ4v) is 2.52. The highest BCUT2D eigenvalue weighted by molar-refractivity contribution is 6.03. The first-order valence-electron chi connectivity index (χ1n) is 7.28. The second-order valence-electron chi connectivity index (χ2n) is 5.51. The average molecular weight is 313 g/mol. The highest BCUT2D eigenvalue weighted by Gasteiger charge is 2.29. The van der Waals surface area contributed by atoms with Gasteiger partial charge in [0.05, 0.1) is 12.2 Å². The Morgan fingerprint density at radius 2 is 1.96 bits per heavy atom. The predicted octanol–water partition coefficient (Wildman–Crippen LogP) is 2.14. The summed E-state index contributed by atoms with van der Waals surface area (Å²) in [5, 5.41) is 9.90. The first-order valence-corrected chi connectivity index (χ1v) is 7.28. The fraction of sp³-hybridized carbons (Fsp3) is 0.235. The molecule has 1 amide bonds. The Bertz CT molecular complexity index is 772. The van der Waals surface area contributed by atoms with E-state index in [1.165, 1.54) is 23.4 Å². The summed E-state index contributed by atoms with van der Waals surface area (Å²) in [4.78, 5) is 21.5. The first kappa shape index (κ1) is 15.1. The third kappa shape index (κ3) is 3.21. The van der Waals surface area contributed by atoms with E-state index in [4.69, 9.17) is 0 Å². The summed E-state index contributed by atoms with van der Waals surface area (Å²) in [6.45, 7) is 0.332. The van der Waals surface area contributed by atoms with Gasteiger partial charge in [-0.1, -0.05) is 12.1 Å². The molecule has 1 aromatic heterocycles. The van der Waals surface area contributed by atoms with Crippen LogP contribution < -0.4 is 0 Å². The molecule has 0 aliphatic carbocycles. The van der Waals surface area contributed by atoms with Crippen molar-refractivity contribution in [3.63, 3.8) is 0 Å². The molecule has 2 heterocycles. The number of aromatic nitrogens is 2. The summed E-state index contributed by atoms with van der Waals surface area (Å²) in [7, 11) is 1.63. The van der Waals surface area contributed by atoms with Crippen molar-refractivity contribution in [1.29, 1.82) is 0 Å². The summed E-state index contributed by atoms with van der Waals surface area (Å²) >= 11 is 0. The van der Waals surface area contributed by atoms with Crippen LogP contribution in [0.15, 0.2) is 42.4 Å². The number of hydrogen-bond acceptors (Lipinski definition) is 4. The van der Waals surface area contributed by atoms with Gasteiger partial charge >= 0.3 is 0 Å². The lowest BCUT2D eigenvalue weighted by Crippen LogP contribution is -2.21. The Labute approximate surface area is 133 Å². The smallest absolute Gasteiger partial charge is 0.289 e. The van der Waals surface area contributed by atoms with E-state index in [9.17, 15) is 14.3 Å². The molecule has 3 rings (SSSR count). The Morgan fingerprint density at radius 3 is 2.61 bits per heavy atom. The quantitative estimate of drug-likeness (QED) is 0.939. The van der Waals surface area contributed by atoms with Crippen LogP contribution in [0.5, 0.6) is 0 Å². The minimum Gasteiger partial charge on any atom is -0.503 e. The van der Waals surface area contributed by atoms with Crippen molar-refractivity contribution >= 4 is 11.5 Å². The Hall–Kier alpha value is -2.76. The van der Waals surface area contributed by atoms with Gasteiger partial charge in [0, 0.05) is 18.3 Å². The molecule has 118 valence electrons. The van der Waals surface area contributed by atoms with Gasteiger partial charge in [0.2, 0.25) is 0 Å². The van der Waals surface area contributed by atoms with E-state index in [2.05, 4.69) is 9.97 Å². The monoisotopic (exact) mass is 313 g/mol. The summed E-state index contributed by atoms with van der Waals surface area (Å²) in [5.74, 6) is -0.905. The molecule has 1 N–H and O–H groups in total. The average Bonchev–Trinajstić information content (AvgIpc) is 2.82. The summed E-state index contributed by atoms with van der Waals surface area (Å²) in [6.07, 6.45) is 2.82. The standard InChI is InChI=1S/C17H16FN3O2/c1-21-9-14(16(22)17(21)23)15-8-13(19-10-20-15)7-4-11-2-5-12(18)6-3-11/h2-3,5-6,8,10,22H,4,7,9H2,1H3. The lowest BCUT2D eigenvalue weighted by Gasteiger charge is -2.08. The number of nitrogens with zero attached hydrogens (tertiary/aromatic N) is 3. The Balaban J connectivity index is 1.75. The van der Waals surface area contributed by atoms with Crippen molar-refractivity contribution in [2.45, 2.75) is 12.8 Å². The number of hydrogen-bond donors (Lipinski definition) is 1. The third-order valence-electron chi connectivity index (χ3n) is 3.85. The number of carbonyl (C=O) groups excluding carboxylic acids is 1. The van der Waals surface area contributed by atoms with Crippen LogP contribution >= 0.6 is 0 Å². The van der Waals surface area contributed by atoms with E-state index in [0.717, 1.165) is 17.7 Å². The Kier molecular flexibility index (Phi) is 4.06. The number of aliphatic hydroxyl groups is 1. The van der Waals surface area contributed by atoms with E-state index >= 15 is 0 Å². The number of aliphatic hydroxyl groups excluding tert-OH is 1. The number of halogens is 1. The van der Waals surface area contributed by atoms with E-state index in [1.54, 1.807) is 25.2 Å². The molecular formula is C17H16FN3O2. The highest BCUT2D eigenvalue weighted by atomic mass is 19.1. The molecule has 2 aromatic rings. The maximum atomic E-state index is 12.9. The van der Waals surface area contributed by atoms with Gasteiger partial charge in [0.1, 0.15) is 12.1 Å². The lowest BCUT2D eigenvalue weighted by atomic mass is 10.1. The highest BCUT2D eigenvalue weighted by Crippen LogP contribution is 2.24. The molecule has 0 spiro atoms. The van der Waals surface area contributed by atoms with Gasteiger partial charge in [-0.3, -0.25) is 4.79 Å². The molecule has 0 bridgehead atoms. The number of likely N-dealkylation sites (N-methyl/N-ethyl adjacent to an activating group) is 1. The molecule has 0 radical (unpaired) electrons. The van der Waals surface area contributed by atoms with Crippen LogP contribution in [0.1, 0.15) is 17.0 Å². The number of aryl methyl sites for hydroxylation is 2. The lowest BCUT2D eigenvalue weighted by molar-refractivity contribution is -0.126. The zero-order valence-electron chi connectivity index (χ0n) is 12.7. The van der Waals surface area contributed by atoms with Crippen LogP contribution in [0.3, 0.4) is 0 Å². The van der Waals surface area contributed by atoms with E-state index in [1.807, 2.05) is 0 Å². The molecule has 0 saturated carbocycles. The molecule has 1 aliphatic heterocycles. The SMILES string of the molecule is CN1CC(c2cc(CCc3ccc(F)cc3)ncn2)=C(O)C1=O. The van der Waals surface area contributed by atoms with Gasteiger partial charge in [-0.2, -0.15) is 0 Å². The Morgan fingerprint density at radius 1 is 1.22 bits per heavy atom. The van der Waals surface area contributed by atoms with Gasteiger partial charge in [0.25, 0.3) is 5.91 Å². The van der Waals surface area contributed by atoms with Crippen molar-refractivity contribution < 1.29 is 14.3 Å². The summed E-state index contributed by atoms with van der Waals surface area (Å²) in [6, 6.07) is 8.14. The van der Waals surface area contributed by atoms with Crippen LogP contribution in [0.4, 0.5) is 4.39 Å². The zero-order valence-corrected chi connectivity index (χ0v) is 12.7. The van der Waals surface area contributed by atoms with Gasteiger partial charge in [0.15, 0.2) is 5.76 Å². The molecule has 0 fully saturated rings. The number of rotatable bonds is 4. The molecule has 0 atom stereocenters. The number of carbonyl (C=O) groups is 1. The van der Waals surface area contributed by atoms with Crippen molar-refractivity contribution in [1.82, 2.24) is 14.9 Å². The van der Waals surface area contributed by atoms with Crippen LogP contribution in [0.2, 0.25) is 0 Å². The van der Waals surface area contributed by atoms with Crippen LogP contribution in [-0.4, -0.2) is 39.5 Å². The van der Waals surface area contributed by atoms with Crippen molar-refractivity contribution in [3.05, 3.63) is 65.2 Å². The normalized spacial score (nSPS) is 14.7. The fourth-order valence-electron chi connectivity index (χ4n) is 2.52. The van der Waals surface area contributed by atoms with E-state index < -0.39 is 5.91 Å². The van der Waals surface area contributed by atoms with Crippen LogP contribution in [-0.2, 0) is 17.6 Å². The van der Waals surface area contributed by atoms with Crippen molar-refractivity contribution in [2.24, 2.45) is 0 Å². The van der Waals surface area contributed by atoms with Gasteiger partial charge < -0.3 is 10.0 Å². The van der Waals surface area contributed by atoms with Gasteiger partial charge in [-0.05, 0) is 36.6 Å². The van der Waals surface area contributed by atoms with Gasteiger partial charge in [-0.25, -0.2) is 14.4 Å². The molecule has 1 aromatic carbocycles. The topological polar surface area (TPSA) is 66.3 Å². The molecule has 0 unspecified atom stereocenters. The molecule has 6 heteroatoms. The van der Waals surface area contributed by atoms with Crippen molar-refractivity contribution in [3.8, 4) is 0 Å². The summed E-state index contributed by atoms with van der Waals surface area (Å²) in [5.41, 5.74) is 2.90. The molecule has 23 heavy (non-hydrogen) atoms. The van der Waals surface area contributed by atoms with E-state index in [0.29, 0.717) is 24.2 Å².